The van der Waals surface area contributed by atoms with Gasteiger partial charge in [-0.1, -0.05) is 18.2 Å². The number of rotatable bonds is 7. The number of hydrogen-bond donors (Lipinski definition) is 0. The van der Waals surface area contributed by atoms with Crippen molar-refractivity contribution in [3.05, 3.63) is 53.4 Å². The Morgan fingerprint density at radius 3 is 2.31 bits per heavy atom. The molecule has 1 aromatic carbocycles. The van der Waals surface area contributed by atoms with Gasteiger partial charge in [0.05, 0.1) is 44.0 Å². The summed E-state index contributed by atoms with van der Waals surface area (Å²) in [6, 6.07) is 7.37. The second-order valence-corrected chi connectivity index (χ2v) is 6.89. The van der Waals surface area contributed by atoms with Gasteiger partial charge in [-0.15, -0.1) is 0 Å². The zero-order valence-corrected chi connectivity index (χ0v) is 17.1. The lowest BCUT2D eigenvalue weighted by Gasteiger charge is -2.31. The van der Waals surface area contributed by atoms with Crippen molar-refractivity contribution in [2.45, 2.75) is 31.8 Å². The van der Waals surface area contributed by atoms with Crippen molar-refractivity contribution in [3.63, 3.8) is 0 Å². The molecule has 156 valence electrons. The normalized spacial score (nSPS) is 19.4. The van der Waals surface area contributed by atoms with Crippen LogP contribution < -0.4 is 4.74 Å². The molecule has 1 fully saturated rings. The molecule has 0 saturated carbocycles. The molecule has 7 nitrogen and oxygen atoms in total. The fourth-order valence-electron chi connectivity index (χ4n) is 3.76. The number of benzene rings is 1. The minimum absolute atomic E-state index is 0.0487. The Hall–Kier alpha value is -2.80. The van der Waals surface area contributed by atoms with E-state index < -0.39 is 17.9 Å². The highest BCUT2D eigenvalue weighted by atomic mass is 16.5. The minimum atomic E-state index is -0.654. The van der Waals surface area contributed by atoms with Crippen molar-refractivity contribution >= 4 is 11.9 Å². The number of hydrogen-bond acceptors (Lipinski definition) is 7. The third-order valence-electron chi connectivity index (χ3n) is 5.04. The molecule has 2 aliphatic heterocycles. The van der Waals surface area contributed by atoms with Crippen LogP contribution in [0.2, 0.25) is 0 Å². The number of esters is 2. The van der Waals surface area contributed by atoms with E-state index in [2.05, 4.69) is 0 Å². The maximum atomic E-state index is 12.7. The number of para-hydroxylation sites is 1. The lowest BCUT2D eigenvalue weighted by Crippen LogP contribution is -2.32. The monoisotopic (exact) mass is 401 g/mol. The molecular weight excluding hydrogens is 374 g/mol. The van der Waals surface area contributed by atoms with Gasteiger partial charge in [0.1, 0.15) is 5.75 Å². The standard InChI is InChI=1S/C22H27NO6/c1-4-28-19-10-6-5-9-16(19)20-17(21(24)26-2)13-23(12-15-8-7-11-29-15)14-18(20)22(25)27-3/h5-6,9-10,13-15,20H,4,7-8,11-12H2,1-3H3/t15-/m0/s1. The van der Waals surface area contributed by atoms with Crippen LogP contribution in [0.5, 0.6) is 5.75 Å². The Morgan fingerprint density at radius 2 is 1.76 bits per heavy atom. The van der Waals surface area contributed by atoms with Crippen molar-refractivity contribution in [2.24, 2.45) is 0 Å². The van der Waals surface area contributed by atoms with Crippen LogP contribution in [0.15, 0.2) is 47.8 Å². The first-order valence-electron chi connectivity index (χ1n) is 9.78. The molecule has 1 aromatic rings. The Kier molecular flexibility index (Phi) is 6.93. The lowest BCUT2D eigenvalue weighted by atomic mass is 9.82. The van der Waals surface area contributed by atoms with Crippen LogP contribution in [0.3, 0.4) is 0 Å². The van der Waals surface area contributed by atoms with E-state index >= 15 is 0 Å². The SMILES string of the molecule is CCOc1ccccc1C1C(C(=O)OC)=CN(C[C@@H]2CCCO2)C=C1C(=O)OC. The molecule has 0 N–H and O–H groups in total. The summed E-state index contributed by atoms with van der Waals surface area (Å²) in [5, 5.41) is 0. The van der Waals surface area contributed by atoms with Gasteiger partial charge in [-0.3, -0.25) is 0 Å². The number of carbonyl (C=O) groups excluding carboxylic acids is 2. The summed E-state index contributed by atoms with van der Waals surface area (Å²) in [5.41, 5.74) is 1.40. The molecule has 0 unspecified atom stereocenters. The Labute approximate surface area is 170 Å². The Bertz CT molecular complexity index is 775. The summed E-state index contributed by atoms with van der Waals surface area (Å²) in [7, 11) is 2.66. The number of nitrogens with zero attached hydrogens (tertiary/aromatic N) is 1. The molecule has 2 aliphatic rings. The number of carbonyl (C=O) groups is 2. The van der Waals surface area contributed by atoms with Gasteiger partial charge in [-0.05, 0) is 25.8 Å². The maximum Gasteiger partial charge on any atom is 0.336 e. The zero-order valence-electron chi connectivity index (χ0n) is 17.1. The number of methoxy groups -OCH3 is 2. The first-order chi connectivity index (χ1) is 14.1. The van der Waals surface area contributed by atoms with E-state index in [-0.39, 0.29) is 6.10 Å². The Morgan fingerprint density at radius 1 is 1.10 bits per heavy atom. The predicted octanol–water partition coefficient (Wildman–Crippen LogP) is 2.78. The van der Waals surface area contributed by atoms with Gasteiger partial charge in [-0.2, -0.15) is 0 Å². The first kappa shape index (κ1) is 20.9. The topological polar surface area (TPSA) is 74.3 Å². The highest BCUT2D eigenvalue weighted by Gasteiger charge is 2.37. The second-order valence-electron chi connectivity index (χ2n) is 6.89. The second kappa shape index (κ2) is 9.60. The van der Waals surface area contributed by atoms with E-state index in [1.807, 2.05) is 36.1 Å². The van der Waals surface area contributed by atoms with Gasteiger partial charge in [0, 0.05) is 31.1 Å². The van der Waals surface area contributed by atoms with E-state index in [0.717, 1.165) is 19.4 Å². The molecular formula is C22H27NO6. The van der Waals surface area contributed by atoms with Crippen LogP contribution in [-0.2, 0) is 23.8 Å². The third-order valence-corrected chi connectivity index (χ3v) is 5.04. The average Bonchev–Trinajstić information content (AvgIpc) is 3.25. The average molecular weight is 401 g/mol. The largest absolute Gasteiger partial charge is 0.494 e. The highest BCUT2D eigenvalue weighted by molar-refractivity contribution is 5.98. The Balaban J connectivity index is 2.06. The van der Waals surface area contributed by atoms with Crippen molar-refractivity contribution in [2.75, 3.05) is 34.0 Å². The van der Waals surface area contributed by atoms with Crippen LogP contribution in [0.1, 0.15) is 31.2 Å². The predicted molar refractivity (Wildman–Crippen MR) is 106 cm³/mol. The molecule has 0 aromatic heterocycles. The van der Waals surface area contributed by atoms with Crippen molar-refractivity contribution in [1.29, 1.82) is 0 Å². The molecule has 0 bridgehead atoms. The quantitative estimate of drug-likeness (QED) is 0.651. The van der Waals surface area contributed by atoms with E-state index in [4.69, 9.17) is 18.9 Å². The summed E-state index contributed by atoms with van der Waals surface area (Å²) in [6.07, 6.45) is 5.45. The van der Waals surface area contributed by atoms with Crippen molar-refractivity contribution in [1.82, 2.24) is 4.90 Å². The molecule has 0 aliphatic carbocycles. The van der Waals surface area contributed by atoms with Gasteiger partial charge in [0.25, 0.3) is 0 Å². The van der Waals surface area contributed by atoms with Gasteiger partial charge < -0.3 is 23.8 Å². The van der Waals surface area contributed by atoms with Crippen LogP contribution in [0.25, 0.3) is 0 Å². The van der Waals surface area contributed by atoms with Crippen LogP contribution in [-0.4, -0.2) is 56.9 Å². The molecule has 7 heteroatoms. The summed E-state index contributed by atoms with van der Waals surface area (Å²) in [5.74, 6) is -1.06. The lowest BCUT2D eigenvalue weighted by molar-refractivity contribution is -0.137. The molecule has 1 atom stereocenters. The summed E-state index contributed by atoms with van der Waals surface area (Å²) < 4.78 is 21.5. The maximum absolute atomic E-state index is 12.7. The van der Waals surface area contributed by atoms with E-state index in [0.29, 0.717) is 35.6 Å². The van der Waals surface area contributed by atoms with Crippen LogP contribution in [0, 0.1) is 0 Å². The summed E-state index contributed by atoms with van der Waals surface area (Å²) >= 11 is 0. The van der Waals surface area contributed by atoms with E-state index in [1.54, 1.807) is 12.4 Å². The smallest absolute Gasteiger partial charge is 0.336 e. The van der Waals surface area contributed by atoms with Crippen molar-refractivity contribution in [3.8, 4) is 5.75 Å². The fraction of sp³-hybridized carbons (Fsp3) is 0.455. The van der Waals surface area contributed by atoms with E-state index in [9.17, 15) is 9.59 Å². The van der Waals surface area contributed by atoms with Crippen LogP contribution >= 0.6 is 0 Å². The number of ether oxygens (including phenoxy) is 4. The van der Waals surface area contributed by atoms with Crippen LogP contribution in [0.4, 0.5) is 0 Å². The summed E-state index contributed by atoms with van der Waals surface area (Å²) in [4.78, 5) is 27.2. The zero-order chi connectivity index (χ0) is 20.8. The molecule has 0 amide bonds. The molecule has 3 rings (SSSR count). The third kappa shape index (κ3) is 4.62. The summed E-state index contributed by atoms with van der Waals surface area (Å²) in [6.45, 7) is 3.61. The molecule has 0 radical (unpaired) electrons. The molecule has 0 spiro atoms. The van der Waals surface area contributed by atoms with Gasteiger partial charge in [0.15, 0.2) is 0 Å². The molecule has 2 heterocycles. The minimum Gasteiger partial charge on any atom is -0.494 e. The van der Waals surface area contributed by atoms with Crippen molar-refractivity contribution < 1.29 is 28.5 Å². The fourth-order valence-corrected chi connectivity index (χ4v) is 3.76. The van der Waals surface area contributed by atoms with Gasteiger partial charge in [-0.25, -0.2) is 9.59 Å². The van der Waals surface area contributed by atoms with Gasteiger partial charge in [0.2, 0.25) is 0 Å². The highest BCUT2D eigenvalue weighted by Crippen LogP contribution is 2.41. The molecule has 1 saturated heterocycles. The van der Waals surface area contributed by atoms with Gasteiger partial charge >= 0.3 is 11.9 Å². The first-order valence-corrected chi connectivity index (χ1v) is 9.78. The molecule has 29 heavy (non-hydrogen) atoms. The van der Waals surface area contributed by atoms with E-state index in [1.165, 1.54) is 14.2 Å².